The van der Waals surface area contributed by atoms with Gasteiger partial charge in [-0.15, -0.1) is 0 Å². The molecule has 106 valence electrons. The minimum absolute atomic E-state index is 0.0875. The molecule has 6 nitrogen and oxygen atoms in total. The number of carbonyl (C=O) groups excluding carboxylic acids is 1. The molecule has 7 heteroatoms. The Morgan fingerprint density at radius 1 is 1.55 bits per heavy atom. The number of aliphatic imine (C=N–C) groups is 1. The molecule has 2 N–H and O–H groups in total. The van der Waals surface area contributed by atoms with Gasteiger partial charge in [-0.1, -0.05) is 18.7 Å². The molecule has 0 aliphatic rings. The molecule has 0 aliphatic heterocycles. The van der Waals surface area contributed by atoms with Gasteiger partial charge in [0.25, 0.3) is 0 Å². The molecular formula is C13H16N4O2S. The van der Waals surface area contributed by atoms with Crippen molar-refractivity contribution in [2.45, 2.75) is 13.3 Å². The highest BCUT2D eigenvalue weighted by Gasteiger charge is 2.07. The number of nitrogens with one attached hydrogen (secondary N) is 2. The lowest BCUT2D eigenvalue weighted by atomic mass is 10.2. The Labute approximate surface area is 122 Å². The van der Waals surface area contributed by atoms with Crippen molar-refractivity contribution in [3.8, 4) is 11.9 Å². The summed E-state index contributed by atoms with van der Waals surface area (Å²) < 4.78 is 5.23. The molecule has 1 rings (SSSR count). The summed E-state index contributed by atoms with van der Waals surface area (Å²) >= 11 is 1.33. The van der Waals surface area contributed by atoms with Crippen LogP contribution in [0.15, 0.2) is 23.2 Å². The Hall–Kier alpha value is -2.20. The summed E-state index contributed by atoms with van der Waals surface area (Å²) in [4.78, 5) is 15.7. The summed E-state index contributed by atoms with van der Waals surface area (Å²) in [5, 5.41) is 14.3. The summed E-state index contributed by atoms with van der Waals surface area (Å²) in [5.41, 5.74) is 1.22. The van der Waals surface area contributed by atoms with E-state index >= 15 is 0 Å². The molecule has 0 saturated carbocycles. The normalized spacial score (nSPS) is 10.6. The first-order valence-electron chi connectivity index (χ1n) is 5.90. The van der Waals surface area contributed by atoms with Crippen LogP contribution in [0.1, 0.15) is 13.3 Å². The SMILES string of the molecule is CCC(=O)Nc1ccc(N=C(NC#N)SC)cc1OC. The predicted molar refractivity (Wildman–Crippen MR) is 81.3 cm³/mol. The summed E-state index contributed by atoms with van der Waals surface area (Å²) in [6.45, 7) is 1.78. The van der Waals surface area contributed by atoms with Gasteiger partial charge in [0.2, 0.25) is 5.91 Å². The number of methoxy groups -OCH3 is 1. The van der Waals surface area contributed by atoms with Crippen LogP contribution in [0.4, 0.5) is 11.4 Å². The van der Waals surface area contributed by atoms with E-state index in [2.05, 4.69) is 15.6 Å². The van der Waals surface area contributed by atoms with Crippen LogP contribution in [0.2, 0.25) is 0 Å². The molecule has 0 aliphatic carbocycles. The van der Waals surface area contributed by atoms with Crippen molar-refractivity contribution in [2.24, 2.45) is 4.99 Å². The van der Waals surface area contributed by atoms with Crippen molar-refractivity contribution in [3.05, 3.63) is 18.2 Å². The van der Waals surface area contributed by atoms with Gasteiger partial charge in [0, 0.05) is 12.5 Å². The van der Waals surface area contributed by atoms with Crippen molar-refractivity contribution in [2.75, 3.05) is 18.7 Å². The second-order valence-electron chi connectivity index (χ2n) is 3.64. The average molecular weight is 292 g/mol. The average Bonchev–Trinajstić information content (AvgIpc) is 2.47. The first kappa shape index (κ1) is 15.9. The van der Waals surface area contributed by atoms with E-state index in [1.165, 1.54) is 18.9 Å². The van der Waals surface area contributed by atoms with Gasteiger partial charge >= 0.3 is 0 Å². The Balaban J connectivity index is 3.03. The van der Waals surface area contributed by atoms with E-state index in [-0.39, 0.29) is 5.91 Å². The van der Waals surface area contributed by atoms with Crippen LogP contribution in [0.3, 0.4) is 0 Å². The number of benzene rings is 1. The molecule has 0 bridgehead atoms. The summed E-state index contributed by atoms with van der Waals surface area (Å²) in [7, 11) is 1.52. The fourth-order valence-electron chi connectivity index (χ4n) is 1.38. The maximum Gasteiger partial charge on any atom is 0.224 e. The topological polar surface area (TPSA) is 86.5 Å². The van der Waals surface area contributed by atoms with E-state index in [1.807, 2.05) is 12.4 Å². The first-order valence-corrected chi connectivity index (χ1v) is 7.12. The van der Waals surface area contributed by atoms with Gasteiger partial charge in [0.1, 0.15) is 5.75 Å². The maximum atomic E-state index is 11.4. The predicted octanol–water partition coefficient (Wildman–Crippen LogP) is 2.46. The lowest BCUT2D eigenvalue weighted by molar-refractivity contribution is -0.115. The number of rotatable bonds is 4. The van der Waals surface area contributed by atoms with E-state index in [9.17, 15) is 4.79 Å². The fraction of sp³-hybridized carbons (Fsp3) is 0.308. The standard InChI is InChI=1S/C13H16N4O2S/c1-4-12(18)17-10-6-5-9(7-11(10)19-2)16-13(20-3)15-8-14/h5-7H,4H2,1-3H3,(H,15,16)(H,17,18). The third-order valence-corrected chi connectivity index (χ3v) is 2.95. The van der Waals surface area contributed by atoms with Crippen LogP contribution in [0.5, 0.6) is 5.75 Å². The molecule has 1 aromatic rings. The van der Waals surface area contributed by atoms with Crippen molar-refractivity contribution < 1.29 is 9.53 Å². The van der Waals surface area contributed by atoms with Crippen LogP contribution in [0.25, 0.3) is 0 Å². The highest BCUT2D eigenvalue weighted by atomic mass is 32.2. The molecule has 1 amide bonds. The fourth-order valence-corrected chi connectivity index (χ4v) is 1.73. The third kappa shape index (κ3) is 4.48. The van der Waals surface area contributed by atoms with Gasteiger partial charge in [-0.2, -0.15) is 5.26 Å². The number of ether oxygens (including phenoxy) is 1. The quantitative estimate of drug-likeness (QED) is 0.385. The van der Waals surface area contributed by atoms with E-state index in [0.29, 0.717) is 28.7 Å². The molecular weight excluding hydrogens is 276 g/mol. The second-order valence-corrected chi connectivity index (χ2v) is 4.44. The largest absolute Gasteiger partial charge is 0.494 e. The smallest absolute Gasteiger partial charge is 0.224 e. The molecule has 1 aromatic carbocycles. The maximum absolute atomic E-state index is 11.4. The van der Waals surface area contributed by atoms with Gasteiger partial charge in [-0.25, -0.2) is 4.99 Å². The zero-order valence-electron chi connectivity index (χ0n) is 11.6. The van der Waals surface area contributed by atoms with E-state index < -0.39 is 0 Å². The number of hydrogen-bond acceptors (Lipinski definition) is 5. The van der Waals surface area contributed by atoms with Crippen LogP contribution in [-0.4, -0.2) is 24.4 Å². The number of nitriles is 1. The summed E-state index contributed by atoms with van der Waals surface area (Å²) in [6.07, 6.45) is 4.03. The zero-order valence-corrected chi connectivity index (χ0v) is 12.4. The van der Waals surface area contributed by atoms with Crippen LogP contribution >= 0.6 is 11.8 Å². The number of anilines is 1. The summed E-state index contributed by atoms with van der Waals surface area (Å²) in [6, 6.07) is 5.15. The Morgan fingerprint density at radius 3 is 2.85 bits per heavy atom. The van der Waals surface area contributed by atoms with Crippen molar-refractivity contribution in [1.29, 1.82) is 5.26 Å². The molecule has 0 unspecified atom stereocenters. The third-order valence-electron chi connectivity index (χ3n) is 2.37. The van der Waals surface area contributed by atoms with Gasteiger partial charge in [-0.3, -0.25) is 10.1 Å². The molecule has 20 heavy (non-hydrogen) atoms. The van der Waals surface area contributed by atoms with E-state index in [0.717, 1.165) is 0 Å². The van der Waals surface area contributed by atoms with Crippen LogP contribution in [0, 0.1) is 11.5 Å². The molecule has 0 heterocycles. The lowest BCUT2D eigenvalue weighted by Crippen LogP contribution is -2.12. The van der Waals surface area contributed by atoms with Crippen molar-refractivity contribution in [1.82, 2.24) is 5.32 Å². The van der Waals surface area contributed by atoms with Crippen LogP contribution < -0.4 is 15.4 Å². The molecule has 0 radical (unpaired) electrons. The van der Waals surface area contributed by atoms with Gasteiger partial charge in [0.05, 0.1) is 18.5 Å². The number of carbonyl (C=O) groups is 1. The Bertz CT molecular complexity index is 552. The summed E-state index contributed by atoms with van der Waals surface area (Å²) in [5.74, 6) is 0.431. The van der Waals surface area contributed by atoms with E-state index in [4.69, 9.17) is 10.00 Å². The first-order chi connectivity index (χ1) is 9.64. The number of amidine groups is 1. The highest BCUT2D eigenvalue weighted by molar-refractivity contribution is 8.13. The van der Waals surface area contributed by atoms with E-state index in [1.54, 1.807) is 25.1 Å². The van der Waals surface area contributed by atoms with Crippen molar-refractivity contribution >= 4 is 34.2 Å². The van der Waals surface area contributed by atoms with Gasteiger partial charge < -0.3 is 10.1 Å². The Kier molecular flexibility index (Phi) is 6.40. The lowest BCUT2D eigenvalue weighted by Gasteiger charge is -2.10. The van der Waals surface area contributed by atoms with Gasteiger partial charge in [-0.05, 0) is 18.4 Å². The number of thioether (sulfide) groups is 1. The second kappa shape index (κ2) is 8.07. The highest BCUT2D eigenvalue weighted by Crippen LogP contribution is 2.29. The Morgan fingerprint density at radius 2 is 2.30 bits per heavy atom. The molecule has 0 saturated heterocycles. The number of nitrogens with zero attached hydrogens (tertiary/aromatic N) is 2. The van der Waals surface area contributed by atoms with Crippen molar-refractivity contribution in [3.63, 3.8) is 0 Å². The van der Waals surface area contributed by atoms with Gasteiger partial charge in [0.15, 0.2) is 11.4 Å². The monoisotopic (exact) mass is 292 g/mol. The minimum atomic E-state index is -0.0875. The molecule has 0 spiro atoms. The minimum Gasteiger partial charge on any atom is -0.494 e. The van der Waals surface area contributed by atoms with Crippen LogP contribution in [-0.2, 0) is 4.79 Å². The molecule has 0 aromatic heterocycles. The molecule has 0 atom stereocenters. The molecule has 0 fully saturated rings. The zero-order chi connectivity index (χ0) is 15.0. The number of amides is 1. The number of hydrogen-bond donors (Lipinski definition) is 2.